The Balaban J connectivity index is 1.87. The van der Waals surface area contributed by atoms with E-state index < -0.39 is 4.92 Å². The molecule has 10 nitrogen and oxygen atoms in total. The van der Waals surface area contributed by atoms with Gasteiger partial charge in [0.2, 0.25) is 5.88 Å². The Hall–Kier alpha value is -4.78. The van der Waals surface area contributed by atoms with Crippen molar-refractivity contribution in [2.45, 2.75) is 0 Å². The molecule has 0 bridgehead atoms. The van der Waals surface area contributed by atoms with Crippen LogP contribution >= 0.6 is 0 Å². The number of aliphatic imine (C=N–C) groups is 1. The molecule has 0 aliphatic rings. The van der Waals surface area contributed by atoms with E-state index in [0.717, 1.165) is 0 Å². The van der Waals surface area contributed by atoms with E-state index >= 15 is 0 Å². The summed E-state index contributed by atoms with van der Waals surface area (Å²) in [6.07, 6.45) is 4.15. The minimum atomic E-state index is -0.570. The number of nitriles is 1. The Bertz CT molecular complexity index is 1330. The maximum atomic E-state index is 11.5. The summed E-state index contributed by atoms with van der Waals surface area (Å²) >= 11 is 0. The SMILES string of the molecule is COc1cc(C=Nc2oc(-c3ccco3)c(-c3ccco3)c2C#N)c([N+](=O)[O-])cc1OC. The fraction of sp³-hybridized carbons (Fsp3) is 0.0909. The minimum absolute atomic E-state index is 0.0608. The Labute approximate surface area is 181 Å². The lowest BCUT2D eigenvalue weighted by molar-refractivity contribution is -0.385. The second-order valence-electron chi connectivity index (χ2n) is 6.33. The molecule has 10 heteroatoms. The lowest BCUT2D eigenvalue weighted by Crippen LogP contribution is -1.98. The van der Waals surface area contributed by atoms with E-state index in [-0.39, 0.29) is 40.0 Å². The molecule has 0 fully saturated rings. The number of hydrogen-bond acceptors (Lipinski definition) is 9. The second kappa shape index (κ2) is 8.53. The third kappa shape index (κ3) is 3.59. The zero-order chi connectivity index (χ0) is 22.7. The van der Waals surface area contributed by atoms with Gasteiger partial charge in [-0.25, -0.2) is 4.99 Å². The first kappa shape index (κ1) is 20.5. The predicted molar refractivity (Wildman–Crippen MR) is 112 cm³/mol. The molecule has 0 aliphatic heterocycles. The van der Waals surface area contributed by atoms with E-state index in [0.29, 0.717) is 17.1 Å². The number of methoxy groups -OCH3 is 2. The van der Waals surface area contributed by atoms with E-state index in [2.05, 4.69) is 11.1 Å². The van der Waals surface area contributed by atoms with Crippen LogP contribution in [0.4, 0.5) is 11.6 Å². The summed E-state index contributed by atoms with van der Waals surface area (Å²) in [5.41, 5.74) is 0.327. The van der Waals surface area contributed by atoms with Crippen molar-refractivity contribution >= 4 is 17.8 Å². The van der Waals surface area contributed by atoms with Gasteiger partial charge in [0, 0.05) is 6.21 Å². The Morgan fingerprint density at radius 3 is 2.31 bits per heavy atom. The summed E-state index contributed by atoms with van der Waals surface area (Å²) in [5, 5.41) is 21.3. The molecule has 4 aromatic rings. The summed E-state index contributed by atoms with van der Waals surface area (Å²) < 4.78 is 27.1. The number of nitro benzene ring substituents is 1. The average molecular weight is 433 g/mol. The second-order valence-corrected chi connectivity index (χ2v) is 6.33. The molecule has 32 heavy (non-hydrogen) atoms. The lowest BCUT2D eigenvalue weighted by Gasteiger charge is -2.08. The highest BCUT2D eigenvalue weighted by Crippen LogP contribution is 2.43. The van der Waals surface area contributed by atoms with Gasteiger partial charge < -0.3 is 22.7 Å². The number of ether oxygens (including phenoxy) is 2. The van der Waals surface area contributed by atoms with Crippen LogP contribution in [0.1, 0.15) is 11.1 Å². The fourth-order valence-electron chi connectivity index (χ4n) is 3.12. The Morgan fingerprint density at radius 1 is 1.09 bits per heavy atom. The standard InChI is InChI=1S/C22H15N3O7/c1-28-18-9-13(15(25(26)27)10-19(18)29-2)12-24-22-14(11-23)20(16-5-3-7-30-16)21(32-22)17-6-4-8-31-17/h3-10,12H,1-2H3. The molecule has 0 aliphatic carbocycles. The molecule has 0 radical (unpaired) electrons. The van der Waals surface area contributed by atoms with Crippen LogP contribution in [0.5, 0.6) is 11.5 Å². The summed E-state index contributed by atoms with van der Waals surface area (Å²) in [4.78, 5) is 15.2. The predicted octanol–water partition coefficient (Wildman–Crippen LogP) is 5.35. The van der Waals surface area contributed by atoms with Crippen molar-refractivity contribution in [3.8, 4) is 40.4 Å². The van der Waals surface area contributed by atoms with Crippen LogP contribution in [0.2, 0.25) is 0 Å². The number of nitrogens with zero attached hydrogens (tertiary/aromatic N) is 3. The molecular formula is C22H15N3O7. The van der Waals surface area contributed by atoms with Crippen LogP contribution in [0, 0.1) is 21.4 Å². The van der Waals surface area contributed by atoms with Gasteiger partial charge in [-0.2, -0.15) is 5.26 Å². The van der Waals surface area contributed by atoms with Crippen molar-refractivity contribution in [2.24, 2.45) is 4.99 Å². The van der Waals surface area contributed by atoms with Crippen LogP contribution in [-0.4, -0.2) is 25.4 Å². The van der Waals surface area contributed by atoms with Gasteiger partial charge in [0.05, 0.1) is 48.9 Å². The third-order valence-corrected chi connectivity index (χ3v) is 4.56. The van der Waals surface area contributed by atoms with Crippen molar-refractivity contribution in [1.82, 2.24) is 0 Å². The monoisotopic (exact) mass is 433 g/mol. The molecule has 0 N–H and O–H groups in total. The van der Waals surface area contributed by atoms with Crippen molar-refractivity contribution in [2.75, 3.05) is 14.2 Å². The number of rotatable bonds is 7. The molecule has 0 atom stereocenters. The van der Waals surface area contributed by atoms with Crippen LogP contribution in [0.15, 0.2) is 67.2 Å². The van der Waals surface area contributed by atoms with Gasteiger partial charge in [0.1, 0.15) is 17.4 Å². The van der Waals surface area contributed by atoms with Gasteiger partial charge in [0.25, 0.3) is 5.69 Å². The van der Waals surface area contributed by atoms with Gasteiger partial charge in [0.15, 0.2) is 23.0 Å². The first-order valence-electron chi connectivity index (χ1n) is 9.16. The molecule has 0 unspecified atom stereocenters. The highest BCUT2D eigenvalue weighted by atomic mass is 16.6. The minimum Gasteiger partial charge on any atom is -0.493 e. The quantitative estimate of drug-likeness (QED) is 0.216. The number of benzene rings is 1. The highest BCUT2D eigenvalue weighted by Gasteiger charge is 2.26. The van der Waals surface area contributed by atoms with Crippen LogP contribution < -0.4 is 9.47 Å². The normalized spacial score (nSPS) is 10.9. The molecule has 0 amide bonds. The summed E-state index contributed by atoms with van der Waals surface area (Å²) in [6, 6.07) is 11.4. The first-order chi connectivity index (χ1) is 15.6. The van der Waals surface area contributed by atoms with Crippen molar-refractivity contribution < 1.29 is 27.6 Å². The van der Waals surface area contributed by atoms with Gasteiger partial charge in [-0.1, -0.05) is 0 Å². The molecule has 0 saturated carbocycles. The molecule has 160 valence electrons. The van der Waals surface area contributed by atoms with E-state index in [1.165, 1.54) is 45.1 Å². The van der Waals surface area contributed by atoms with Crippen LogP contribution in [0.3, 0.4) is 0 Å². The lowest BCUT2D eigenvalue weighted by atomic mass is 10.1. The summed E-state index contributed by atoms with van der Waals surface area (Å²) in [5.74, 6) is 1.42. The topological polar surface area (TPSA) is 137 Å². The van der Waals surface area contributed by atoms with Gasteiger partial charge in [-0.15, -0.1) is 0 Å². The molecule has 3 heterocycles. The van der Waals surface area contributed by atoms with Gasteiger partial charge in [-0.3, -0.25) is 10.1 Å². The maximum absolute atomic E-state index is 11.5. The zero-order valence-electron chi connectivity index (χ0n) is 16.9. The smallest absolute Gasteiger partial charge is 0.282 e. The zero-order valence-corrected chi connectivity index (χ0v) is 16.9. The largest absolute Gasteiger partial charge is 0.493 e. The number of furan rings is 3. The highest BCUT2D eigenvalue weighted by molar-refractivity contribution is 5.90. The van der Waals surface area contributed by atoms with Crippen LogP contribution in [0.25, 0.3) is 22.8 Å². The Morgan fingerprint density at radius 2 is 1.75 bits per heavy atom. The molecule has 1 aromatic carbocycles. The van der Waals surface area contributed by atoms with Gasteiger partial charge >= 0.3 is 0 Å². The number of nitro groups is 1. The van der Waals surface area contributed by atoms with E-state index in [4.69, 9.17) is 22.7 Å². The molecule has 3 aromatic heterocycles. The van der Waals surface area contributed by atoms with Crippen LogP contribution in [-0.2, 0) is 0 Å². The molecule has 0 saturated heterocycles. The first-order valence-corrected chi connectivity index (χ1v) is 9.16. The van der Waals surface area contributed by atoms with Crippen molar-refractivity contribution in [3.63, 3.8) is 0 Å². The van der Waals surface area contributed by atoms with E-state index in [9.17, 15) is 15.4 Å². The average Bonchev–Trinajstić information content (AvgIpc) is 3.56. The van der Waals surface area contributed by atoms with Crippen molar-refractivity contribution in [3.05, 3.63) is 70.2 Å². The maximum Gasteiger partial charge on any atom is 0.282 e. The molecular weight excluding hydrogens is 418 g/mol. The number of hydrogen-bond donors (Lipinski definition) is 0. The van der Waals surface area contributed by atoms with Crippen molar-refractivity contribution in [1.29, 1.82) is 5.26 Å². The summed E-state index contributed by atoms with van der Waals surface area (Å²) in [6.45, 7) is 0. The van der Waals surface area contributed by atoms with E-state index in [1.807, 2.05) is 0 Å². The fourth-order valence-corrected chi connectivity index (χ4v) is 3.12. The summed E-state index contributed by atoms with van der Waals surface area (Å²) in [7, 11) is 2.79. The van der Waals surface area contributed by atoms with E-state index in [1.54, 1.807) is 24.3 Å². The van der Waals surface area contributed by atoms with Gasteiger partial charge in [-0.05, 0) is 30.3 Å². The Kier molecular flexibility index (Phi) is 5.46. The molecule has 4 rings (SSSR count). The molecule has 0 spiro atoms. The third-order valence-electron chi connectivity index (χ3n) is 4.56.